The minimum atomic E-state index is -1.28. The van der Waals surface area contributed by atoms with Crippen molar-refractivity contribution < 1.29 is 34.1 Å². The maximum atomic E-state index is 11.8. The highest BCUT2D eigenvalue weighted by Gasteiger charge is 2.12. The van der Waals surface area contributed by atoms with Gasteiger partial charge < -0.3 is 19.7 Å². The number of hydrogen-bond acceptors (Lipinski definition) is 6. The molecule has 136 valence electrons. The third-order valence-corrected chi connectivity index (χ3v) is 3.19. The molecule has 0 saturated carbocycles. The van der Waals surface area contributed by atoms with E-state index in [9.17, 15) is 19.5 Å². The Hall–Kier alpha value is -3.55. The van der Waals surface area contributed by atoms with Crippen LogP contribution >= 0.6 is 0 Å². The van der Waals surface area contributed by atoms with Crippen molar-refractivity contribution in [2.24, 2.45) is 0 Å². The summed E-state index contributed by atoms with van der Waals surface area (Å²) in [7, 11) is 0. The van der Waals surface area contributed by atoms with Crippen LogP contribution in [0.2, 0.25) is 0 Å². The molecule has 0 aromatic heterocycles. The van der Waals surface area contributed by atoms with Gasteiger partial charge in [-0.05, 0) is 42.8 Å². The molecule has 0 bridgehead atoms. The number of hydrogen-bond donors (Lipinski definition) is 3. The topological polar surface area (TPSA) is 122 Å². The van der Waals surface area contributed by atoms with Gasteiger partial charge in [0.2, 0.25) is 0 Å². The van der Waals surface area contributed by atoms with Crippen molar-refractivity contribution in [2.45, 2.75) is 19.8 Å². The molecular weight excluding hydrogens is 342 g/mol. The van der Waals surface area contributed by atoms with Crippen LogP contribution < -0.4 is 14.8 Å². The van der Waals surface area contributed by atoms with Crippen LogP contribution in [0.15, 0.2) is 42.5 Å². The van der Waals surface area contributed by atoms with Crippen LogP contribution in [0.4, 0.5) is 10.5 Å². The van der Waals surface area contributed by atoms with Gasteiger partial charge in [-0.25, -0.2) is 9.59 Å². The zero-order chi connectivity index (χ0) is 19.1. The second kappa shape index (κ2) is 8.52. The predicted octanol–water partition coefficient (Wildman–Crippen LogP) is 3.41. The average Bonchev–Trinajstić information content (AvgIpc) is 2.56. The lowest BCUT2D eigenvalue weighted by molar-refractivity contribution is -0.134. The molecule has 2 aromatic rings. The van der Waals surface area contributed by atoms with E-state index in [0.29, 0.717) is 18.6 Å². The number of phenols is 1. The lowest BCUT2D eigenvalue weighted by Gasteiger charge is -2.09. The first-order valence-corrected chi connectivity index (χ1v) is 7.75. The van der Waals surface area contributed by atoms with Crippen LogP contribution in [0.25, 0.3) is 0 Å². The van der Waals surface area contributed by atoms with Gasteiger partial charge in [-0.15, -0.1) is 0 Å². The van der Waals surface area contributed by atoms with Crippen LogP contribution in [0, 0.1) is 0 Å². The molecule has 3 N–H and O–H groups in total. The summed E-state index contributed by atoms with van der Waals surface area (Å²) in [6.07, 6.45) is 0.167. The Labute approximate surface area is 149 Å². The molecule has 0 aliphatic heterocycles. The Kier molecular flexibility index (Phi) is 6.15. The lowest BCUT2D eigenvalue weighted by Crippen LogP contribution is -2.16. The summed E-state index contributed by atoms with van der Waals surface area (Å²) in [4.78, 5) is 34.1. The predicted molar refractivity (Wildman–Crippen MR) is 91.7 cm³/mol. The first kappa shape index (κ1) is 18.8. The molecule has 8 nitrogen and oxygen atoms in total. The van der Waals surface area contributed by atoms with Gasteiger partial charge in [0, 0.05) is 18.2 Å². The maximum absolute atomic E-state index is 11.8. The number of amides is 1. The molecule has 2 aromatic carbocycles. The van der Waals surface area contributed by atoms with Gasteiger partial charge in [0.25, 0.3) is 0 Å². The number of carbonyl (C=O) groups excluding carboxylic acids is 2. The second-order valence-electron chi connectivity index (χ2n) is 5.25. The molecule has 0 saturated heterocycles. The van der Waals surface area contributed by atoms with E-state index in [0.717, 1.165) is 12.1 Å². The van der Waals surface area contributed by atoms with E-state index < -0.39 is 17.8 Å². The molecule has 8 heteroatoms. The molecule has 0 unspecified atom stereocenters. The monoisotopic (exact) mass is 359 g/mol. The van der Waals surface area contributed by atoms with E-state index in [1.165, 1.54) is 30.3 Å². The normalized spacial score (nSPS) is 10.0. The number of carboxylic acid groups (broad SMARTS) is 1. The second-order valence-corrected chi connectivity index (χ2v) is 5.25. The molecule has 0 fully saturated rings. The summed E-state index contributed by atoms with van der Waals surface area (Å²) in [6.45, 7) is 1.87. The van der Waals surface area contributed by atoms with Gasteiger partial charge >= 0.3 is 18.0 Å². The highest BCUT2D eigenvalue weighted by Crippen LogP contribution is 2.23. The zero-order valence-electron chi connectivity index (χ0n) is 13.9. The molecule has 2 rings (SSSR count). The number of carboxylic acids is 1. The first-order chi connectivity index (χ1) is 12.4. The van der Waals surface area contributed by atoms with E-state index in [2.05, 4.69) is 5.32 Å². The molecule has 0 heterocycles. The minimum absolute atomic E-state index is 0.169. The van der Waals surface area contributed by atoms with E-state index >= 15 is 0 Å². The smallest absolute Gasteiger partial charge is 0.417 e. The van der Waals surface area contributed by atoms with E-state index in [1.807, 2.05) is 6.92 Å². The summed E-state index contributed by atoms with van der Waals surface area (Å²) in [6, 6.07) is 9.47. The number of aromatic hydroxyl groups is 1. The molecule has 0 radical (unpaired) electrons. The Morgan fingerprint density at radius 1 is 1.00 bits per heavy atom. The van der Waals surface area contributed by atoms with Crippen LogP contribution in [-0.2, 0) is 4.79 Å². The van der Waals surface area contributed by atoms with Crippen molar-refractivity contribution in [3.63, 3.8) is 0 Å². The summed E-state index contributed by atoms with van der Waals surface area (Å²) < 4.78 is 10.1. The number of anilines is 1. The van der Waals surface area contributed by atoms with E-state index in [-0.39, 0.29) is 23.0 Å². The molecule has 1 amide bonds. The largest absolute Gasteiger partial charge is 0.507 e. The van der Waals surface area contributed by atoms with Crippen molar-refractivity contribution >= 4 is 23.7 Å². The number of benzene rings is 2. The summed E-state index contributed by atoms with van der Waals surface area (Å²) in [5, 5.41) is 20.8. The molecule has 0 spiro atoms. The minimum Gasteiger partial charge on any atom is -0.507 e. The molecular formula is C18H17NO7. The fourth-order valence-electron chi connectivity index (χ4n) is 2.00. The molecule has 0 atom stereocenters. The number of esters is 1. The zero-order valence-corrected chi connectivity index (χ0v) is 13.9. The summed E-state index contributed by atoms with van der Waals surface area (Å²) in [5.41, 5.74) is -0.111. The SMILES string of the molecule is CCCC(=O)Oc1ccc(OC(=O)Nc2ccc(C(=O)O)c(O)c2)cc1. The Morgan fingerprint density at radius 2 is 1.62 bits per heavy atom. The van der Waals surface area contributed by atoms with Gasteiger partial charge in [-0.3, -0.25) is 10.1 Å². The molecule has 0 aliphatic rings. The quantitative estimate of drug-likeness (QED) is 0.533. The van der Waals surface area contributed by atoms with Crippen molar-refractivity contribution in [3.05, 3.63) is 48.0 Å². The van der Waals surface area contributed by atoms with Crippen LogP contribution in [0.1, 0.15) is 30.1 Å². The van der Waals surface area contributed by atoms with Crippen molar-refractivity contribution in [1.29, 1.82) is 0 Å². The van der Waals surface area contributed by atoms with Crippen molar-refractivity contribution in [2.75, 3.05) is 5.32 Å². The fraction of sp³-hybridized carbons (Fsp3) is 0.167. The molecule has 26 heavy (non-hydrogen) atoms. The van der Waals surface area contributed by atoms with Gasteiger partial charge in [-0.1, -0.05) is 6.92 Å². The van der Waals surface area contributed by atoms with Crippen LogP contribution in [0.5, 0.6) is 17.2 Å². The third kappa shape index (κ3) is 5.23. The highest BCUT2D eigenvalue weighted by atomic mass is 16.6. The van der Waals surface area contributed by atoms with Gasteiger partial charge in [-0.2, -0.15) is 0 Å². The average molecular weight is 359 g/mol. The molecule has 0 aliphatic carbocycles. The van der Waals surface area contributed by atoms with Crippen molar-refractivity contribution in [1.82, 2.24) is 0 Å². The maximum Gasteiger partial charge on any atom is 0.417 e. The summed E-state index contributed by atoms with van der Waals surface area (Å²) >= 11 is 0. The lowest BCUT2D eigenvalue weighted by atomic mass is 10.2. The number of rotatable bonds is 6. The van der Waals surface area contributed by atoms with Gasteiger partial charge in [0.1, 0.15) is 22.8 Å². The number of aromatic carboxylic acids is 1. The van der Waals surface area contributed by atoms with Crippen LogP contribution in [0.3, 0.4) is 0 Å². The number of carbonyl (C=O) groups is 3. The standard InChI is InChI=1S/C18H17NO7/c1-2-3-16(21)25-12-5-7-13(8-6-12)26-18(24)19-11-4-9-14(17(22)23)15(20)10-11/h4-10,20H,2-3H2,1H3,(H,19,24)(H,22,23). The van der Waals surface area contributed by atoms with E-state index in [4.69, 9.17) is 14.6 Å². The van der Waals surface area contributed by atoms with Gasteiger partial charge in [0.15, 0.2) is 0 Å². The van der Waals surface area contributed by atoms with Crippen LogP contribution in [-0.4, -0.2) is 28.2 Å². The first-order valence-electron chi connectivity index (χ1n) is 7.75. The fourth-order valence-corrected chi connectivity index (χ4v) is 2.00. The van der Waals surface area contributed by atoms with Crippen molar-refractivity contribution in [3.8, 4) is 17.2 Å². The highest BCUT2D eigenvalue weighted by molar-refractivity contribution is 5.93. The number of nitrogens with one attached hydrogen (secondary N) is 1. The third-order valence-electron chi connectivity index (χ3n) is 3.19. The number of ether oxygens (including phenoxy) is 2. The Bertz CT molecular complexity index is 815. The van der Waals surface area contributed by atoms with E-state index in [1.54, 1.807) is 0 Å². The summed E-state index contributed by atoms with van der Waals surface area (Å²) in [5.74, 6) is -1.55. The van der Waals surface area contributed by atoms with Gasteiger partial charge in [0.05, 0.1) is 0 Å². The Morgan fingerprint density at radius 3 is 2.15 bits per heavy atom. The Balaban J connectivity index is 1.94.